The van der Waals surface area contributed by atoms with Gasteiger partial charge in [0, 0.05) is 21.3 Å². The lowest BCUT2D eigenvalue weighted by atomic mass is 10.2. The van der Waals surface area contributed by atoms with E-state index in [0.717, 1.165) is 4.47 Å². The van der Waals surface area contributed by atoms with Crippen LogP contribution in [0.15, 0.2) is 76.3 Å². The Morgan fingerprint density at radius 3 is 2.62 bits per heavy atom. The van der Waals surface area contributed by atoms with Gasteiger partial charge in [0.2, 0.25) is 0 Å². The summed E-state index contributed by atoms with van der Waals surface area (Å²) in [7, 11) is 1.52. The molecule has 3 aromatic rings. The van der Waals surface area contributed by atoms with Gasteiger partial charge in [0.1, 0.15) is 17.3 Å². The van der Waals surface area contributed by atoms with Gasteiger partial charge in [0.15, 0.2) is 6.61 Å². The molecule has 0 bridgehead atoms. The monoisotopic (exact) mass is 499 g/mol. The fourth-order valence-corrected chi connectivity index (χ4v) is 2.99. The van der Waals surface area contributed by atoms with Crippen LogP contribution >= 0.6 is 15.9 Å². The molecular weight excluding hydrogens is 481 g/mol. The molecule has 0 unspecified atom stereocenters. The number of hydrogen-bond donors (Lipinski definition) is 2. The summed E-state index contributed by atoms with van der Waals surface area (Å²) in [6, 6.07) is 17.2. The third kappa shape index (κ3) is 6.64. The molecule has 0 radical (unpaired) electrons. The second kappa shape index (κ2) is 11.1. The number of halogens is 2. The number of rotatable bonds is 8. The largest absolute Gasteiger partial charge is 0.497 e. The summed E-state index contributed by atoms with van der Waals surface area (Å²) in [5, 5.41) is 6.59. The van der Waals surface area contributed by atoms with Crippen molar-refractivity contribution in [2.45, 2.75) is 0 Å². The maximum Gasteiger partial charge on any atom is 0.271 e. The number of hydrazone groups is 1. The molecule has 7 nitrogen and oxygen atoms in total. The molecule has 2 amide bonds. The third-order valence-corrected chi connectivity index (χ3v) is 4.65. The highest BCUT2D eigenvalue weighted by Crippen LogP contribution is 2.22. The van der Waals surface area contributed by atoms with E-state index in [4.69, 9.17) is 9.47 Å². The predicted octanol–water partition coefficient (Wildman–Crippen LogP) is 4.38. The second-order valence-electron chi connectivity index (χ2n) is 6.46. The molecule has 0 saturated heterocycles. The molecule has 3 aromatic carbocycles. The molecule has 0 atom stereocenters. The van der Waals surface area contributed by atoms with E-state index in [1.165, 1.54) is 37.6 Å². The summed E-state index contributed by atoms with van der Waals surface area (Å²) in [4.78, 5) is 24.4. The van der Waals surface area contributed by atoms with E-state index in [2.05, 4.69) is 31.8 Å². The number of carbonyl (C=O) groups is 2. The predicted molar refractivity (Wildman–Crippen MR) is 123 cm³/mol. The molecule has 0 saturated carbocycles. The quantitative estimate of drug-likeness (QED) is 0.355. The van der Waals surface area contributed by atoms with Crippen molar-refractivity contribution in [2.24, 2.45) is 5.10 Å². The maximum atomic E-state index is 13.0. The molecular formula is C23H19BrFN3O4. The summed E-state index contributed by atoms with van der Waals surface area (Å²) in [5.41, 5.74) is 3.83. The molecule has 2 N–H and O–H groups in total. The van der Waals surface area contributed by atoms with E-state index in [-0.39, 0.29) is 6.61 Å². The summed E-state index contributed by atoms with van der Waals surface area (Å²) in [5.74, 6) is -0.258. The van der Waals surface area contributed by atoms with Crippen LogP contribution in [0.2, 0.25) is 0 Å². The van der Waals surface area contributed by atoms with Crippen molar-refractivity contribution in [3.05, 3.63) is 88.1 Å². The van der Waals surface area contributed by atoms with Gasteiger partial charge >= 0.3 is 0 Å². The fraction of sp³-hybridized carbons (Fsp3) is 0.0870. The van der Waals surface area contributed by atoms with E-state index in [9.17, 15) is 14.0 Å². The van der Waals surface area contributed by atoms with Crippen molar-refractivity contribution in [3.8, 4) is 11.5 Å². The molecule has 0 aliphatic heterocycles. The molecule has 0 spiro atoms. The van der Waals surface area contributed by atoms with Gasteiger partial charge < -0.3 is 14.8 Å². The van der Waals surface area contributed by atoms with E-state index in [0.29, 0.717) is 28.3 Å². The summed E-state index contributed by atoms with van der Waals surface area (Å²) < 4.78 is 24.4. The Morgan fingerprint density at radius 2 is 1.88 bits per heavy atom. The van der Waals surface area contributed by atoms with Crippen LogP contribution in [-0.4, -0.2) is 31.7 Å². The highest BCUT2D eigenvalue weighted by molar-refractivity contribution is 9.10. The van der Waals surface area contributed by atoms with Crippen LogP contribution < -0.4 is 20.2 Å². The van der Waals surface area contributed by atoms with Crippen LogP contribution in [-0.2, 0) is 4.79 Å². The third-order valence-electron chi connectivity index (χ3n) is 4.16. The Hall–Kier alpha value is -3.72. The number of benzene rings is 3. The van der Waals surface area contributed by atoms with Crippen LogP contribution in [0, 0.1) is 5.82 Å². The number of methoxy groups -OCH3 is 1. The summed E-state index contributed by atoms with van der Waals surface area (Å²) in [6.07, 6.45) is 1.41. The molecule has 0 heterocycles. The van der Waals surface area contributed by atoms with Gasteiger partial charge in [-0.2, -0.15) is 5.10 Å². The van der Waals surface area contributed by atoms with Crippen molar-refractivity contribution >= 4 is 39.6 Å². The highest BCUT2D eigenvalue weighted by Gasteiger charge is 2.09. The number of nitrogens with one attached hydrogen (secondary N) is 2. The first kappa shape index (κ1) is 23.0. The van der Waals surface area contributed by atoms with Crippen LogP contribution in [0.4, 0.5) is 10.1 Å². The van der Waals surface area contributed by atoms with E-state index >= 15 is 0 Å². The minimum Gasteiger partial charge on any atom is -0.497 e. The van der Waals surface area contributed by atoms with Crippen molar-refractivity contribution < 1.29 is 23.5 Å². The van der Waals surface area contributed by atoms with E-state index < -0.39 is 17.6 Å². The Labute approximate surface area is 192 Å². The minimum atomic E-state index is -0.409. The number of carbonyl (C=O) groups excluding carboxylic acids is 2. The number of amides is 2. The number of ether oxygens (including phenoxy) is 2. The van der Waals surface area contributed by atoms with Gasteiger partial charge in [-0.1, -0.05) is 22.0 Å². The van der Waals surface area contributed by atoms with Crippen LogP contribution in [0.5, 0.6) is 11.5 Å². The zero-order valence-corrected chi connectivity index (χ0v) is 18.6. The fourth-order valence-electron chi connectivity index (χ4n) is 2.61. The van der Waals surface area contributed by atoms with Gasteiger partial charge in [0.25, 0.3) is 11.8 Å². The Bertz CT molecular complexity index is 1140. The average molecular weight is 500 g/mol. The summed E-state index contributed by atoms with van der Waals surface area (Å²) >= 11 is 3.37. The minimum absolute atomic E-state index is 0.268. The lowest BCUT2D eigenvalue weighted by molar-refractivity contribution is -0.118. The van der Waals surface area contributed by atoms with Crippen molar-refractivity contribution in [2.75, 3.05) is 19.0 Å². The lowest BCUT2D eigenvalue weighted by Crippen LogP contribution is -2.20. The van der Waals surface area contributed by atoms with Gasteiger partial charge in [0.05, 0.1) is 13.3 Å². The van der Waals surface area contributed by atoms with Crippen LogP contribution in [0.25, 0.3) is 0 Å². The molecule has 0 aromatic heterocycles. The van der Waals surface area contributed by atoms with Crippen LogP contribution in [0.1, 0.15) is 15.9 Å². The Morgan fingerprint density at radius 1 is 1.09 bits per heavy atom. The maximum absolute atomic E-state index is 13.0. The van der Waals surface area contributed by atoms with Gasteiger partial charge in [-0.05, 0) is 60.7 Å². The van der Waals surface area contributed by atoms with Crippen LogP contribution in [0.3, 0.4) is 0 Å². The Balaban J connectivity index is 1.62. The topological polar surface area (TPSA) is 89.0 Å². The van der Waals surface area contributed by atoms with Crippen molar-refractivity contribution in [3.63, 3.8) is 0 Å². The van der Waals surface area contributed by atoms with Crippen molar-refractivity contribution in [1.82, 2.24) is 5.43 Å². The molecule has 0 aliphatic rings. The summed E-state index contributed by atoms with van der Waals surface area (Å²) in [6.45, 7) is -0.268. The average Bonchev–Trinajstić information content (AvgIpc) is 2.80. The molecule has 0 aliphatic carbocycles. The van der Waals surface area contributed by atoms with Gasteiger partial charge in [-0.25, -0.2) is 9.82 Å². The zero-order valence-electron chi connectivity index (χ0n) is 17.0. The molecule has 32 heavy (non-hydrogen) atoms. The smallest absolute Gasteiger partial charge is 0.271 e. The number of nitrogens with zero attached hydrogens (tertiary/aromatic N) is 1. The molecule has 0 fully saturated rings. The Kier molecular flexibility index (Phi) is 7.93. The van der Waals surface area contributed by atoms with Gasteiger partial charge in [-0.3, -0.25) is 9.59 Å². The van der Waals surface area contributed by atoms with Gasteiger partial charge in [-0.15, -0.1) is 0 Å². The molecule has 3 rings (SSSR count). The number of anilines is 1. The van der Waals surface area contributed by atoms with Crippen molar-refractivity contribution in [1.29, 1.82) is 0 Å². The number of hydrogen-bond acceptors (Lipinski definition) is 5. The lowest BCUT2D eigenvalue weighted by Gasteiger charge is -2.10. The zero-order chi connectivity index (χ0) is 22.9. The SMILES string of the molecule is COc1cccc(C(=O)N/N=C/c2cc(Br)ccc2OCC(=O)Nc2ccc(F)cc2)c1. The van der Waals surface area contributed by atoms with E-state index in [1.54, 1.807) is 42.5 Å². The first-order valence-corrected chi connectivity index (χ1v) is 10.2. The standard InChI is InChI=1S/C23H19BrFN3O4/c1-31-20-4-2-3-15(12-20)23(30)28-26-13-16-11-17(24)5-10-21(16)32-14-22(29)27-19-8-6-18(25)7-9-19/h2-13H,14H2,1H3,(H,27,29)(H,28,30)/b26-13+. The first-order chi connectivity index (χ1) is 15.4. The highest BCUT2D eigenvalue weighted by atomic mass is 79.9. The van der Waals surface area contributed by atoms with E-state index in [1.807, 2.05) is 0 Å². The normalized spacial score (nSPS) is 10.6. The molecule has 9 heteroatoms. The molecule has 164 valence electrons. The first-order valence-electron chi connectivity index (χ1n) is 9.40. The second-order valence-corrected chi connectivity index (χ2v) is 7.37.